The summed E-state index contributed by atoms with van der Waals surface area (Å²) in [5.41, 5.74) is 1.60. The number of nitrogens with zero attached hydrogens (tertiary/aromatic N) is 3. The van der Waals surface area contributed by atoms with Crippen molar-refractivity contribution < 1.29 is 20.1 Å². The molecule has 3 nitrogen and oxygen atoms in total. The zero-order valence-corrected chi connectivity index (χ0v) is 10.0. The van der Waals surface area contributed by atoms with Crippen LogP contribution >= 0.6 is 0 Å². The van der Waals surface area contributed by atoms with Gasteiger partial charge in [0.05, 0.1) is 5.65 Å². The molecule has 0 N–H and O–H groups in total. The Labute approximate surface area is 99.9 Å². The van der Waals surface area contributed by atoms with Crippen molar-refractivity contribution in [2.45, 2.75) is 0 Å². The molecular weight excluding hydrogens is 366 g/mol. The summed E-state index contributed by atoms with van der Waals surface area (Å²) >= 11 is 0. The van der Waals surface area contributed by atoms with E-state index in [9.17, 15) is 0 Å². The van der Waals surface area contributed by atoms with E-state index in [-0.39, 0.29) is 20.1 Å². The first-order valence-corrected chi connectivity index (χ1v) is 4.31. The molecule has 0 aliphatic heterocycles. The monoisotopic (exact) mass is 373 g/mol. The predicted octanol–water partition coefficient (Wildman–Crippen LogP) is 1.98. The fourth-order valence-corrected chi connectivity index (χ4v) is 1.49. The summed E-state index contributed by atoms with van der Waals surface area (Å²) in [4.78, 5) is 12.7. The quantitative estimate of drug-likeness (QED) is 0.447. The van der Waals surface area contributed by atoms with Crippen LogP contribution in [0.5, 0.6) is 0 Å². The first-order valence-electron chi connectivity index (χ1n) is 4.31. The molecule has 0 aromatic carbocycles. The van der Waals surface area contributed by atoms with E-state index < -0.39 is 0 Å². The Morgan fingerprint density at radius 3 is 2.93 bits per heavy atom. The minimum absolute atomic E-state index is 0. The maximum atomic E-state index is 4.30. The van der Waals surface area contributed by atoms with Crippen LogP contribution in [0.3, 0.4) is 0 Å². The second-order valence-corrected chi connectivity index (χ2v) is 2.99. The molecule has 4 heteroatoms. The standard InChI is InChI=1S/C11H6N3.Ir/c1-3-8-7-14-11-9(4-2-6-13-11)10(8)12-5-1;/h1-3,5-7H;/q-1;. The van der Waals surface area contributed by atoms with Gasteiger partial charge in [-0.05, 0) is 11.5 Å². The Hall–Kier alpha value is -1.38. The van der Waals surface area contributed by atoms with Gasteiger partial charge >= 0.3 is 0 Å². The molecule has 3 aromatic heterocycles. The van der Waals surface area contributed by atoms with Crippen molar-refractivity contribution in [3.63, 3.8) is 0 Å². The maximum absolute atomic E-state index is 4.30. The maximum Gasteiger partial charge on any atom is 0.0671 e. The number of hydrogen-bond donors (Lipinski definition) is 0. The molecule has 3 rings (SSSR count). The van der Waals surface area contributed by atoms with E-state index in [0.717, 1.165) is 16.3 Å². The molecule has 0 unspecified atom stereocenters. The topological polar surface area (TPSA) is 38.7 Å². The summed E-state index contributed by atoms with van der Waals surface area (Å²) in [6.07, 6.45) is 5.23. The zero-order chi connectivity index (χ0) is 9.38. The molecule has 0 aliphatic carbocycles. The molecule has 0 amide bonds. The minimum Gasteiger partial charge on any atom is -0.334 e. The first-order chi connectivity index (χ1) is 6.95. The van der Waals surface area contributed by atoms with Crippen LogP contribution in [0.15, 0.2) is 36.8 Å². The van der Waals surface area contributed by atoms with Crippen LogP contribution in [0.2, 0.25) is 0 Å². The van der Waals surface area contributed by atoms with Gasteiger partial charge in [0.25, 0.3) is 0 Å². The van der Waals surface area contributed by atoms with E-state index in [1.54, 1.807) is 24.7 Å². The average Bonchev–Trinajstić information content (AvgIpc) is 2.29. The number of fused-ring (bicyclic) bond motifs is 3. The van der Waals surface area contributed by atoms with Crippen molar-refractivity contribution in [2.24, 2.45) is 0 Å². The molecule has 0 fully saturated rings. The molecule has 3 heterocycles. The Balaban J connectivity index is 0.000000853. The molecule has 0 spiro atoms. The Morgan fingerprint density at radius 2 is 2.00 bits per heavy atom. The molecular formula is C11H6IrN3-. The third kappa shape index (κ3) is 1.62. The van der Waals surface area contributed by atoms with Crippen molar-refractivity contribution in [3.05, 3.63) is 42.9 Å². The first kappa shape index (κ1) is 10.1. The van der Waals surface area contributed by atoms with Crippen molar-refractivity contribution in [1.29, 1.82) is 0 Å². The van der Waals surface area contributed by atoms with Gasteiger partial charge in [-0.15, -0.1) is 12.1 Å². The molecule has 0 aliphatic rings. The van der Waals surface area contributed by atoms with Gasteiger partial charge in [0, 0.05) is 38.0 Å². The molecule has 1 radical (unpaired) electrons. The largest absolute Gasteiger partial charge is 0.334 e. The number of rotatable bonds is 0. The van der Waals surface area contributed by atoms with Crippen LogP contribution in [0.25, 0.3) is 21.9 Å². The van der Waals surface area contributed by atoms with Gasteiger partial charge < -0.3 is 9.97 Å². The van der Waals surface area contributed by atoms with Crippen molar-refractivity contribution >= 4 is 21.9 Å². The van der Waals surface area contributed by atoms with E-state index in [1.165, 1.54) is 0 Å². The predicted molar refractivity (Wildman–Crippen MR) is 53.7 cm³/mol. The Morgan fingerprint density at radius 1 is 1.07 bits per heavy atom. The molecule has 3 aromatic rings. The second-order valence-electron chi connectivity index (χ2n) is 2.99. The third-order valence-electron chi connectivity index (χ3n) is 2.12. The fourth-order valence-electron chi connectivity index (χ4n) is 1.49. The normalized spacial score (nSPS) is 10.1. The van der Waals surface area contributed by atoms with Crippen LogP contribution in [0, 0.1) is 6.07 Å². The zero-order valence-electron chi connectivity index (χ0n) is 7.64. The summed E-state index contributed by atoms with van der Waals surface area (Å²) in [6.45, 7) is 0. The molecule has 0 bridgehead atoms. The van der Waals surface area contributed by atoms with Gasteiger partial charge in [-0.1, -0.05) is 17.6 Å². The smallest absolute Gasteiger partial charge is 0.0671 e. The molecule has 0 saturated heterocycles. The summed E-state index contributed by atoms with van der Waals surface area (Å²) in [7, 11) is 0. The van der Waals surface area contributed by atoms with Crippen molar-refractivity contribution in [2.75, 3.05) is 0 Å². The fraction of sp³-hybridized carbons (Fsp3) is 0. The number of aromatic nitrogens is 3. The average molecular weight is 372 g/mol. The SMILES string of the molecule is [Ir].[c-]1ccnc2ncc3cccnc3c12. The molecule has 0 atom stereocenters. The third-order valence-corrected chi connectivity index (χ3v) is 2.12. The van der Waals surface area contributed by atoms with Gasteiger partial charge in [-0.25, -0.2) is 0 Å². The van der Waals surface area contributed by atoms with Crippen molar-refractivity contribution in [3.8, 4) is 0 Å². The van der Waals surface area contributed by atoms with E-state index in [2.05, 4.69) is 21.0 Å². The second kappa shape index (κ2) is 4.01. The van der Waals surface area contributed by atoms with E-state index >= 15 is 0 Å². The molecule has 0 saturated carbocycles. The van der Waals surface area contributed by atoms with Gasteiger partial charge in [-0.3, -0.25) is 4.98 Å². The minimum atomic E-state index is 0. The van der Waals surface area contributed by atoms with Crippen LogP contribution < -0.4 is 0 Å². The van der Waals surface area contributed by atoms with Gasteiger partial charge in [-0.2, -0.15) is 0 Å². The summed E-state index contributed by atoms with van der Waals surface area (Å²) < 4.78 is 0. The summed E-state index contributed by atoms with van der Waals surface area (Å²) in [5.74, 6) is 0. The number of hydrogen-bond acceptors (Lipinski definition) is 3. The van der Waals surface area contributed by atoms with Gasteiger partial charge in [0.2, 0.25) is 0 Å². The summed E-state index contributed by atoms with van der Waals surface area (Å²) in [5, 5.41) is 1.90. The Kier molecular flexibility index (Phi) is 2.71. The molecule has 15 heavy (non-hydrogen) atoms. The number of pyridine rings is 3. The van der Waals surface area contributed by atoms with Crippen molar-refractivity contribution in [1.82, 2.24) is 15.0 Å². The van der Waals surface area contributed by atoms with Gasteiger partial charge in [0.1, 0.15) is 0 Å². The van der Waals surface area contributed by atoms with E-state index in [0.29, 0.717) is 5.65 Å². The van der Waals surface area contributed by atoms with Crippen LogP contribution in [0.4, 0.5) is 0 Å². The van der Waals surface area contributed by atoms with Crippen LogP contribution in [-0.2, 0) is 20.1 Å². The summed E-state index contributed by atoms with van der Waals surface area (Å²) in [6, 6.07) is 8.76. The molecule has 75 valence electrons. The Bertz CT molecular complexity index is 555. The van der Waals surface area contributed by atoms with Gasteiger partial charge in [0.15, 0.2) is 0 Å². The van der Waals surface area contributed by atoms with Crippen LogP contribution in [0.1, 0.15) is 0 Å². The van der Waals surface area contributed by atoms with Crippen LogP contribution in [-0.4, -0.2) is 15.0 Å². The van der Waals surface area contributed by atoms with E-state index in [1.807, 2.05) is 12.1 Å². The van der Waals surface area contributed by atoms with E-state index in [4.69, 9.17) is 0 Å².